The molecule has 0 aromatic heterocycles. The molecule has 1 unspecified atom stereocenters. The molecule has 0 amide bonds. The minimum absolute atomic E-state index is 0.464. The summed E-state index contributed by atoms with van der Waals surface area (Å²) in [6.07, 6.45) is -2.26. The third-order valence-electron chi connectivity index (χ3n) is 3.93. The lowest BCUT2D eigenvalue weighted by molar-refractivity contribution is -0.137. The van der Waals surface area contributed by atoms with Crippen molar-refractivity contribution in [2.75, 3.05) is 24.5 Å². The van der Waals surface area contributed by atoms with E-state index in [2.05, 4.69) is 17.1 Å². The Morgan fingerprint density at radius 2 is 2.05 bits per heavy atom. The molecule has 1 N–H and O–H groups in total. The third kappa shape index (κ3) is 3.45. The summed E-state index contributed by atoms with van der Waals surface area (Å²) < 4.78 is 38.5. The van der Waals surface area contributed by atoms with E-state index in [9.17, 15) is 13.2 Å². The number of hydrogen-bond acceptors (Lipinski definition) is 2. The highest BCUT2D eigenvalue weighted by Crippen LogP contribution is 2.33. The summed E-state index contributed by atoms with van der Waals surface area (Å²) in [5.41, 5.74) is 1.04. The Hall–Kier alpha value is -1.23. The van der Waals surface area contributed by atoms with Gasteiger partial charge < -0.3 is 10.2 Å². The number of nitrogens with zero attached hydrogens (tertiary/aromatic N) is 1. The zero-order chi connectivity index (χ0) is 14.8. The molecule has 0 aliphatic carbocycles. The smallest absolute Gasteiger partial charge is 0.370 e. The SMILES string of the molecule is CCC1CCN(c2cc(C(F)(F)F)ccc2C)CCN1. The fourth-order valence-electron chi connectivity index (χ4n) is 2.64. The normalized spacial score (nSPS) is 20.9. The summed E-state index contributed by atoms with van der Waals surface area (Å²) in [7, 11) is 0. The largest absolute Gasteiger partial charge is 0.416 e. The van der Waals surface area contributed by atoms with E-state index >= 15 is 0 Å². The van der Waals surface area contributed by atoms with E-state index in [1.807, 2.05) is 6.92 Å². The molecular weight excluding hydrogens is 265 g/mol. The molecule has 20 heavy (non-hydrogen) atoms. The minimum Gasteiger partial charge on any atom is -0.370 e. The number of anilines is 1. The molecule has 5 heteroatoms. The van der Waals surface area contributed by atoms with Crippen molar-refractivity contribution in [2.24, 2.45) is 0 Å². The fourth-order valence-corrected chi connectivity index (χ4v) is 2.64. The van der Waals surface area contributed by atoms with Crippen LogP contribution in [0.15, 0.2) is 18.2 Å². The quantitative estimate of drug-likeness (QED) is 0.893. The molecule has 112 valence electrons. The van der Waals surface area contributed by atoms with Gasteiger partial charge in [-0.25, -0.2) is 0 Å². The van der Waals surface area contributed by atoms with Crippen LogP contribution in [0.2, 0.25) is 0 Å². The first-order chi connectivity index (χ1) is 9.41. The van der Waals surface area contributed by atoms with E-state index in [0.29, 0.717) is 11.7 Å². The van der Waals surface area contributed by atoms with E-state index in [1.54, 1.807) is 6.07 Å². The number of benzene rings is 1. The molecule has 1 aromatic rings. The highest BCUT2D eigenvalue weighted by Gasteiger charge is 2.31. The summed E-state index contributed by atoms with van der Waals surface area (Å²) in [5.74, 6) is 0. The summed E-state index contributed by atoms with van der Waals surface area (Å²) in [5, 5.41) is 3.43. The van der Waals surface area contributed by atoms with Gasteiger partial charge in [-0.2, -0.15) is 13.2 Å². The van der Waals surface area contributed by atoms with E-state index in [-0.39, 0.29) is 0 Å². The monoisotopic (exact) mass is 286 g/mol. The zero-order valence-corrected chi connectivity index (χ0v) is 11.9. The van der Waals surface area contributed by atoms with Gasteiger partial charge in [-0.05, 0) is 37.5 Å². The number of rotatable bonds is 2. The van der Waals surface area contributed by atoms with Gasteiger partial charge in [-0.1, -0.05) is 13.0 Å². The van der Waals surface area contributed by atoms with Crippen LogP contribution in [0.5, 0.6) is 0 Å². The average molecular weight is 286 g/mol. The molecule has 0 bridgehead atoms. The second-order valence-electron chi connectivity index (χ2n) is 5.33. The van der Waals surface area contributed by atoms with Gasteiger partial charge >= 0.3 is 6.18 Å². The number of aryl methyl sites for hydroxylation is 1. The van der Waals surface area contributed by atoms with Crippen molar-refractivity contribution in [1.82, 2.24) is 5.32 Å². The maximum atomic E-state index is 12.8. The molecule has 1 fully saturated rings. The van der Waals surface area contributed by atoms with Crippen LogP contribution in [0.3, 0.4) is 0 Å². The second-order valence-corrected chi connectivity index (χ2v) is 5.33. The van der Waals surface area contributed by atoms with Crippen LogP contribution in [-0.2, 0) is 6.18 Å². The van der Waals surface area contributed by atoms with Gasteiger partial charge in [-0.15, -0.1) is 0 Å². The summed E-state index contributed by atoms with van der Waals surface area (Å²) >= 11 is 0. The van der Waals surface area contributed by atoms with Crippen molar-refractivity contribution in [3.05, 3.63) is 29.3 Å². The van der Waals surface area contributed by atoms with Gasteiger partial charge in [0.1, 0.15) is 0 Å². The number of alkyl halides is 3. The molecule has 0 saturated carbocycles. The van der Waals surface area contributed by atoms with Crippen LogP contribution in [0, 0.1) is 6.92 Å². The Balaban J connectivity index is 2.23. The Bertz CT molecular complexity index is 457. The topological polar surface area (TPSA) is 15.3 Å². The molecular formula is C15H21F3N2. The molecule has 1 saturated heterocycles. The fraction of sp³-hybridized carbons (Fsp3) is 0.600. The first kappa shape index (κ1) is 15.2. The van der Waals surface area contributed by atoms with Crippen LogP contribution >= 0.6 is 0 Å². The van der Waals surface area contributed by atoms with Crippen LogP contribution in [0.25, 0.3) is 0 Å². The number of nitrogens with one attached hydrogen (secondary N) is 1. The Morgan fingerprint density at radius 1 is 1.30 bits per heavy atom. The third-order valence-corrected chi connectivity index (χ3v) is 3.93. The first-order valence-electron chi connectivity index (χ1n) is 7.08. The molecule has 0 spiro atoms. The van der Waals surface area contributed by atoms with Crippen molar-refractivity contribution >= 4 is 5.69 Å². The lowest BCUT2D eigenvalue weighted by atomic mass is 10.1. The van der Waals surface area contributed by atoms with Gasteiger partial charge in [0.15, 0.2) is 0 Å². The van der Waals surface area contributed by atoms with Crippen LogP contribution in [0.4, 0.5) is 18.9 Å². The van der Waals surface area contributed by atoms with Crippen molar-refractivity contribution in [1.29, 1.82) is 0 Å². The lowest BCUT2D eigenvalue weighted by Crippen LogP contribution is -2.30. The number of hydrogen-bond donors (Lipinski definition) is 1. The maximum Gasteiger partial charge on any atom is 0.416 e. The predicted molar refractivity (Wildman–Crippen MR) is 75.1 cm³/mol. The summed E-state index contributed by atoms with van der Waals surface area (Å²) in [6, 6.07) is 4.46. The van der Waals surface area contributed by atoms with E-state index in [4.69, 9.17) is 0 Å². The van der Waals surface area contributed by atoms with Crippen LogP contribution in [0.1, 0.15) is 30.9 Å². The van der Waals surface area contributed by atoms with Gasteiger partial charge in [-0.3, -0.25) is 0 Å². The standard InChI is InChI=1S/C15H21F3N2/c1-3-13-6-8-20(9-7-19-13)14-10-12(15(16,17)18)5-4-11(14)2/h4-5,10,13,19H,3,6-9H2,1-2H3. The van der Waals surface area contributed by atoms with Gasteiger partial charge in [0.05, 0.1) is 5.56 Å². The minimum atomic E-state index is -4.28. The highest BCUT2D eigenvalue weighted by atomic mass is 19.4. The second kappa shape index (κ2) is 6.04. The average Bonchev–Trinajstić information content (AvgIpc) is 2.63. The molecule has 1 aliphatic heterocycles. The summed E-state index contributed by atoms with van der Waals surface area (Å²) in [6.45, 7) is 6.36. The molecule has 1 atom stereocenters. The molecule has 1 heterocycles. The lowest BCUT2D eigenvalue weighted by Gasteiger charge is -2.25. The summed E-state index contributed by atoms with van der Waals surface area (Å²) in [4.78, 5) is 2.06. The van der Waals surface area contributed by atoms with Gasteiger partial charge in [0.25, 0.3) is 0 Å². The highest BCUT2D eigenvalue weighted by molar-refractivity contribution is 5.55. The first-order valence-corrected chi connectivity index (χ1v) is 7.08. The Morgan fingerprint density at radius 3 is 2.70 bits per heavy atom. The van der Waals surface area contributed by atoms with Crippen molar-refractivity contribution in [3.8, 4) is 0 Å². The molecule has 1 aromatic carbocycles. The molecule has 2 nitrogen and oxygen atoms in total. The Labute approximate surface area is 118 Å². The van der Waals surface area contributed by atoms with Gasteiger partial charge in [0, 0.05) is 31.4 Å². The predicted octanol–water partition coefficient (Wildman–Crippen LogP) is 3.59. The van der Waals surface area contributed by atoms with Crippen molar-refractivity contribution in [2.45, 2.75) is 38.9 Å². The number of halogens is 3. The van der Waals surface area contributed by atoms with Crippen LogP contribution < -0.4 is 10.2 Å². The molecule has 0 radical (unpaired) electrons. The van der Waals surface area contributed by atoms with E-state index < -0.39 is 11.7 Å². The van der Waals surface area contributed by atoms with Crippen molar-refractivity contribution < 1.29 is 13.2 Å². The maximum absolute atomic E-state index is 12.8. The van der Waals surface area contributed by atoms with E-state index in [1.165, 1.54) is 6.07 Å². The molecule has 2 rings (SSSR count). The van der Waals surface area contributed by atoms with E-state index in [0.717, 1.165) is 44.1 Å². The molecule has 1 aliphatic rings. The van der Waals surface area contributed by atoms with Crippen molar-refractivity contribution in [3.63, 3.8) is 0 Å². The Kier molecular flexibility index (Phi) is 4.58. The van der Waals surface area contributed by atoms with Gasteiger partial charge in [0.2, 0.25) is 0 Å². The zero-order valence-electron chi connectivity index (χ0n) is 11.9. The van der Waals surface area contributed by atoms with Crippen LogP contribution in [-0.4, -0.2) is 25.7 Å².